The predicted molar refractivity (Wildman–Crippen MR) is 54.7 cm³/mol. The van der Waals surface area contributed by atoms with Crippen molar-refractivity contribution >= 4 is 0 Å². The van der Waals surface area contributed by atoms with Gasteiger partial charge >= 0.3 is 0 Å². The van der Waals surface area contributed by atoms with Gasteiger partial charge < -0.3 is 10.3 Å². The zero-order chi connectivity index (χ0) is 10.9. The normalized spacial score (nSPS) is 11.7. The lowest BCUT2D eigenvalue weighted by Gasteiger charge is -2.10. The van der Waals surface area contributed by atoms with E-state index < -0.39 is 5.54 Å². The minimum absolute atomic E-state index is 0.406. The van der Waals surface area contributed by atoms with Gasteiger partial charge in [0.1, 0.15) is 5.69 Å². The van der Waals surface area contributed by atoms with Crippen LogP contribution in [-0.4, -0.2) is 15.1 Å². The summed E-state index contributed by atoms with van der Waals surface area (Å²) in [5.41, 5.74) is 5.88. The molecule has 5 heteroatoms. The van der Waals surface area contributed by atoms with Gasteiger partial charge in [-0.15, -0.1) is 0 Å². The van der Waals surface area contributed by atoms with Gasteiger partial charge in [0, 0.05) is 6.20 Å². The van der Waals surface area contributed by atoms with E-state index in [2.05, 4.69) is 15.1 Å². The van der Waals surface area contributed by atoms with Gasteiger partial charge in [-0.05, 0) is 26.0 Å². The Labute approximate surface area is 87.3 Å². The molecule has 0 bridgehead atoms. The van der Waals surface area contributed by atoms with Crippen molar-refractivity contribution in [2.75, 3.05) is 0 Å². The Balaban J connectivity index is 2.37. The van der Waals surface area contributed by atoms with Crippen LogP contribution >= 0.6 is 0 Å². The Kier molecular flexibility index (Phi) is 2.24. The van der Waals surface area contributed by atoms with Crippen LogP contribution in [0.25, 0.3) is 11.5 Å². The quantitative estimate of drug-likeness (QED) is 0.798. The molecule has 2 aromatic rings. The molecular weight excluding hydrogens is 192 g/mol. The summed E-state index contributed by atoms with van der Waals surface area (Å²) in [7, 11) is 0. The maximum atomic E-state index is 5.83. The third-order valence-electron chi connectivity index (χ3n) is 1.87. The summed E-state index contributed by atoms with van der Waals surface area (Å²) in [6.45, 7) is 3.62. The second-order valence-electron chi connectivity index (χ2n) is 3.86. The second kappa shape index (κ2) is 3.43. The molecule has 0 spiro atoms. The lowest BCUT2D eigenvalue weighted by Crippen LogP contribution is -2.28. The van der Waals surface area contributed by atoms with Crippen molar-refractivity contribution in [3.8, 4) is 11.5 Å². The van der Waals surface area contributed by atoms with Crippen LogP contribution in [-0.2, 0) is 5.54 Å². The molecule has 15 heavy (non-hydrogen) atoms. The minimum atomic E-state index is -0.625. The van der Waals surface area contributed by atoms with Gasteiger partial charge in [-0.1, -0.05) is 11.2 Å². The predicted octanol–water partition coefficient (Wildman–Crippen LogP) is 1.33. The van der Waals surface area contributed by atoms with Crippen LogP contribution in [0, 0.1) is 0 Å². The summed E-state index contributed by atoms with van der Waals surface area (Å²) in [6.07, 6.45) is 1.68. The highest BCUT2D eigenvalue weighted by atomic mass is 16.5. The first-order chi connectivity index (χ1) is 7.07. The molecule has 5 nitrogen and oxygen atoms in total. The van der Waals surface area contributed by atoms with Gasteiger partial charge in [-0.2, -0.15) is 4.98 Å². The highest BCUT2D eigenvalue weighted by Crippen LogP contribution is 2.18. The molecule has 0 saturated heterocycles. The Bertz CT molecular complexity index is 444. The monoisotopic (exact) mass is 204 g/mol. The lowest BCUT2D eigenvalue weighted by atomic mass is 10.1. The van der Waals surface area contributed by atoms with Crippen LogP contribution in [0.4, 0.5) is 0 Å². The molecule has 0 atom stereocenters. The third kappa shape index (κ3) is 2.02. The Morgan fingerprint density at radius 2 is 2.13 bits per heavy atom. The summed E-state index contributed by atoms with van der Waals surface area (Å²) in [6, 6.07) is 5.52. The van der Waals surface area contributed by atoms with E-state index in [1.165, 1.54) is 0 Å². The van der Waals surface area contributed by atoms with Gasteiger partial charge in [0.15, 0.2) is 0 Å². The average Bonchev–Trinajstić information content (AvgIpc) is 2.67. The number of hydrogen-bond acceptors (Lipinski definition) is 5. The van der Waals surface area contributed by atoms with Crippen LogP contribution in [0.1, 0.15) is 19.7 Å². The maximum absolute atomic E-state index is 5.83. The fourth-order valence-electron chi connectivity index (χ4n) is 1.08. The highest BCUT2D eigenvalue weighted by Gasteiger charge is 2.22. The number of nitrogens with two attached hydrogens (primary N) is 1. The topological polar surface area (TPSA) is 77.8 Å². The summed E-state index contributed by atoms with van der Waals surface area (Å²) in [4.78, 5) is 8.31. The van der Waals surface area contributed by atoms with E-state index in [1.807, 2.05) is 32.0 Å². The SMILES string of the molecule is CC(C)(N)c1nc(-c2ccccn2)no1. The summed E-state index contributed by atoms with van der Waals surface area (Å²) in [5, 5.41) is 3.82. The van der Waals surface area contributed by atoms with Crippen molar-refractivity contribution in [3.63, 3.8) is 0 Å². The van der Waals surface area contributed by atoms with Crippen LogP contribution < -0.4 is 5.73 Å². The van der Waals surface area contributed by atoms with E-state index in [0.717, 1.165) is 0 Å². The Morgan fingerprint density at radius 1 is 1.33 bits per heavy atom. The lowest BCUT2D eigenvalue weighted by molar-refractivity contribution is 0.312. The molecule has 0 aromatic carbocycles. The van der Waals surface area contributed by atoms with Crippen molar-refractivity contribution in [2.45, 2.75) is 19.4 Å². The fourth-order valence-corrected chi connectivity index (χ4v) is 1.08. The van der Waals surface area contributed by atoms with Gasteiger partial charge in [0.2, 0.25) is 11.7 Å². The number of hydrogen-bond donors (Lipinski definition) is 1. The summed E-state index contributed by atoms with van der Waals surface area (Å²) in [5.74, 6) is 0.868. The molecule has 0 saturated carbocycles. The highest BCUT2D eigenvalue weighted by molar-refractivity contribution is 5.47. The van der Waals surface area contributed by atoms with Crippen molar-refractivity contribution in [2.24, 2.45) is 5.73 Å². The Morgan fingerprint density at radius 3 is 2.67 bits per heavy atom. The maximum Gasteiger partial charge on any atom is 0.246 e. The molecular formula is C10H12N4O. The number of pyridine rings is 1. The first kappa shape index (κ1) is 9.79. The largest absolute Gasteiger partial charge is 0.337 e. The molecule has 2 rings (SSSR count). The Hall–Kier alpha value is -1.75. The molecule has 78 valence electrons. The van der Waals surface area contributed by atoms with Crippen LogP contribution in [0.2, 0.25) is 0 Å². The van der Waals surface area contributed by atoms with Gasteiger partial charge in [0.05, 0.1) is 5.54 Å². The van der Waals surface area contributed by atoms with Crippen LogP contribution in [0.5, 0.6) is 0 Å². The van der Waals surface area contributed by atoms with E-state index in [1.54, 1.807) is 6.20 Å². The number of aromatic nitrogens is 3. The number of rotatable bonds is 2. The molecule has 2 N–H and O–H groups in total. The molecule has 0 aliphatic heterocycles. The fraction of sp³-hybridized carbons (Fsp3) is 0.300. The van der Waals surface area contributed by atoms with Crippen molar-refractivity contribution in [1.29, 1.82) is 0 Å². The van der Waals surface area contributed by atoms with E-state index in [-0.39, 0.29) is 0 Å². The third-order valence-corrected chi connectivity index (χ3v) is 1.87. The molecule has 2 aromatic heterocycles. The summed E-state index contributed by atoms with van der Waals surface area (Å²) < 4.78 is 5.06. The minimum Gasteiger partial charge on any atom is -0.337 e. The van der Waals surface area contributed by atoms with E-state index in [9.17, 15) is 0 Å². The van der Waals surface area contributed by atoms with Crippen molar-refractivity contribution in [1.82, 2.24) is 15.1 Å². The first-order valence-corrected chi connectivity index (χ1v) is 4.62. The van der Waals surface area contributed by atoms with Crippen molar-refractivity contribution < 1.29 is 4.52 Å². The average molecular weight is 204 g/mol. The van der Waals surface area contributed by atoms with Crippen molar-refractivity contribution in [3.05, 3.63) is 30.3 Å². The van der Waals surface area contributed by atoms with Crippen LogP contribution in [0.3, 0.4) is 0 Å². The van der Waals surface area contributed by atoms with E-state index in [0.29, 0.717) is 17.4 Å². The first-order valence-electron chi connectivity index (χ1n) is 4.62. The molecule has 2 heterocycles. The zero-order valence-electron chi connectivity index (χ0n) is 8.64. The zero-order valence-corrected chi connectivity index (χ0v) is 8.64. The second-order valence-corrected chi connectivity index (χ2v) is 3.86. The van der Waals surface area contributed by atoms with Gasteiger partial charge in [-0.25, -0.2) is 0 Å². The molecule has 0 unspecified atom stereocenters. The molecule has 0 aliphatic rings. The molecule has 0 radical (unpaired) electrons. The molecule has 0 fully saturated rings. The van der Waals surface area contributed by atoms with Gasteiger partial charge in [0.25, 0.3) is 0 Å². The smallest absolute Gasteiger partial charge is 0.246 e. The van der Waals surface area contributed by atoms with E-state index in [4.69, 9.17) is 10.3 Å². The standard InChI is InChI=1S/C10H12N4O/c1-10(2,11)9-13-8(14-15-9)7-5-3-4-6-12-7/h3-6H,11H2,1-2H3. The van der Waals surface area contributed by atoms with Crippen LogP contribution in [0.15, 0.2) is 28.9 Å². The van der Waals surface area contributed by atoms with Gasteiger partial charge in [-0.3, -0.25) is 4.98 Å². The summed E-state index contributed by atoms with van der Waals surface area (Å²) >= 11 is 0. The molecule has 0 amide bonds. The van der Waals surface area contributed by atoms with E-state index >= 15 is 0 Å². The molecule has 0 aliphatic carbocycles. The number of nitrogens with zero attached hydrogens (tertiary/aromatic N) is 3.